The molecule has 1 aliphatic rings. The van der Waals surface area contributed by atoms with Crippen LogP contribution in [0, 0.1) is 5.41 Å². The number of likely N-dealkylation sites (N-methyl/N-ethyl adjacent to an activating group) is 1. The van der Waals surface area contributed by atoms with Crippen LogP contribution in [0.4, 0.5) is 0 Å². The van der Waals surface area contributed by atoms with Gasteiger partial charge in [-0.2, -0.15) is 0 Å². The van der Waals surface area contributed by atoms with Crippen LogP contribution in [-0.2, 0) is 4.79 Å². The Labute approximate surface area is 73.9 Å². The summed E-state index contributed by atoms with van der Waals surface area (Å²) in [6.07, 6.45) is 1.99. The average Bonchev–Trinajstić information content (AvgIpc) is 2.10. The van der Waals surface area contributed by atoms with Gasteiger partial charge in [-0.05, 0) is 25.3 Å². The highest BCUT2D eigenvalue weighted by Gasteiger charge is 2.29. The predicted octanol–water partition coefficient (Wildman–Crippen LogP) is 0.511. The number of carbonyl (C=O) groups is 1. The lowest BCUT2D eigenvalue weighted by Gasteiger charge is -2.24. The van der Waals surface area contributed by atoms with Crippen molar-refractivity contribution in [3.8, 4) is 0 Å². The number of carbonyl (C=O) groups excluding carboxylic acids is 1. The number of hydrogen-bond donors (Lipinski definition) is 2. The maximum atomic E-state index is 11.4. The van der Waals surface area contributed by atoms with Gasteiger partial charge in [-0.1, -0.05) is 13.8 Å². The lowest BCUT2D eigenvalue weighted by molar-refractivity contribution is -0.122. The Morgan fingerprint density at radius 3 is 2.83 bits per heavy atom. The summed E-state index contributed by atoms with van der Waals surface area (Å²) in [7, 11) is 1.84. The van der Waals surface area contributed by atoms with Gasteiger partial charge in [0.1, 0.15) is 0 Å². The quantitative estimate of drug-likeness (QED) is 0.602. The second kappa shape index (κ2) is 3.44. The molecule has 70 valence electrons. The lowest BCUT2D eigenvalue weighted by Crippen LogP contribution is -2.41. The van der Waals surface area contributed by atoms with E-state index in [0.717, 1.165) is 19.4 Å². The molecular weight excluding hydrogens is 152 g/mol. The lowest BCUT2D eigenvalue weighted by atomic mass is 9.83. The third-order valence-electron chi connectivity index (χ3n) is 2.52. The van der Waals surface area contributed by atoms with Gasteiger partial charge < -0.3 is 10.6 Å². The number of amides is 1. The summed E-state index contributed by atoms with van der Waals surface area (Å²) < 4.78 is 0. The monoisotopic (exact) mass is 170 g/mol. The minimum atomic E-state index is -0.0116. The molecule has 1 fully saturated rings. The van der Waals surface area contributed by atoms with Crippen molar-refractivity contribution in [3.05, 3.63) is 0 Å². The molecule has 12 heavy (non-hydrogen) atoms. The standard InChI is InChI=1S/C9H18N2O/c1-9(2)4-5-11-8(12)7(6-9)10-3/h7,10H,4-6H2,1-3H3,(H,11,12). The van der Waals surface area contributed by atoms with Crippen molar-refractivity contribution in [1.29, 1.82) is 0 Å². The molecule has 0 aliphatic carbocycles. The molecule has 0 saturated carbocycles. The fraction of sp³-hybridized carbons (Fsp3) is 0.889. The summed E-state index contributed by atoms with van der Waals surface area (Å²) in [6, 6.07) is -0.0116. The SMILES string of the molecule is CNC1CC(C)(C)CCNC1=O. The van der Waals surface area contributed by atoms with Crippen molar-refractivity contribution in [1.82, 2.24) is 10.6 Å². The fourth-order valence-electron chi connectivity index (χ4n) is 1.63. The molecule has 1 rings (SSSR count). The summed E-state index contributed by atoms with van der Waals surface area (Å²) >= 11 is 0. The Morgan fingerprint density at radius 1 is 1.58 bits per heavy atom. The second-order valence-corrected chi connectivity index (χ2v) is 4.25. The van der Waals surface area contributed by atoms with Gasteiger partial charge in [0.15, 0.2) is 0 Å². The van der Waals surface area contributed by atoms with E-state index in [0.29, 0.717) is 0 Å². The maximum absolute atomic E-state index is 11.4. The van der Waals surface area contributed by atoms with Crippen LogP contribution in [0.15, 0.2) is 0 Å². The smallest absolute Gasteiger partial charge is 0.237 e. The molecular formula is C9H18N2O. The third kappa shape index (κ3) is 2.21. The van der Waals surface area contributed by atoms with Crippen molar-refractivity contribution < 1.29 is 4.79 Å². The highest BCUT2D eigenvalue weighted by atomic mass is 16.2. The van der Waals surface area contributed by atoms with E-state index in [1.165, 1.54) is 0 Å². The van der Waals surface area contributed by atoms with Gasteiger partial charge in [-0.3, -0.25) is 4.79 Å². The van der Waals surface area contributed by atoms with Crippen LogP contribution in [0.3, 0.4) is 0 Å². The Bertz CT molecular complexity index is 177. The Kier molecular flexibility index (Phi) is 2.73. The first-order valence-corrected chi connectivity index (χ1v) is 4.50. The number of nitrogens with one attached hydrogen (secondary N) is 2. The van der Waals surface area contributed by atoms with E-state index in [4.69, 9.17) is 0 Å². The van der Waals surface area contributed by atoms with E-state index in [-0.39, 0.29) is 17.4 Å². The molecule has 1 atom stereocenters. The minimum Gasteiger partial charge on any atom is -0.355 e. The van der Waals surface area contributed by atoms with Gasteiger partial charge >= 0.3 is 0 Å². The van der Waals surface area contributed by atoms with Gasteiger partial charge in [-0.25, -0.2) is 0 Å². The molecule has 0 aromatic heterocycles. The highest BCUT2D eigenvalue weighted by Crippen LogP contribution is 2.27. The van der Waals surface area contributed by atoms with Crippen molar-refractivity contribution in [3.63, 3.8) is 0 Å². The number of hydrogen-bond acceptors (Lipinski definition) is 2. The fourth-order valence-corrected chi connectivity index (χ4v) is 1.63. The van der Waals surface area contributed by atoms with Crippen molar-refractivity contribution in [2.24, 2.45) is 5.41 Å². The first-order valence-electron chi connectivity index (χ1n) is 4.50. The molecule has 3 nitrogen and oxygen atoms in total. The zero-order valence-corrected chi connectivity index (χ0v) is 8.11. The molecule has 1 unspecified atom stereocenters. The summed E-state index contributed by atoms with van der Waals surface area (Å²) in [5.41, 5.74) is 0.271. The predicted molar refractivity (Wildman–Crippen MR) is 48.9 cm³/mol. The van der Waals surface area contributed by atoms with Crippen LogP contribution in [0.5, 0.6) is 0 Å². The van der Waals surface area contributed by atoms with Crippen molar-refractivity contribution >= 4 is 5.91 Å². The van der Waals surface area contributed by atoms with Crippen LogP contribution in [-0.4, -0.2) is 25.5 Å². The van der Waals surface area contributed by atoms with E-state index in [9.17, 15) is 4.79 Å². The molecule has 1 heterocycles. The molecule has 0 radical (unpaired) electrons. The zero-order valence-electron chi connectivity index (χ0n) is 8.11. The zero-order chi connectivity index (χ0) is 9.19. The van der Waals surface area contributed by atoms with Crippen LogP contribution in [0.2, 0.25) is 0 Å². The van der Waals surface area contributed by atoms with Crippen molar-refractivity contribution in [2.45, 2.75) is 32.7 Å². The highest BCUT2D eigenvalue weighted by molar-refractivity contribution is 5.82. The largest absolute Gasteiger partial charge is 0.355 e. The maximum Gasteiger partial charge on any atom is 0.237 e. The first kappa shape index (κ1) is 9.52. The molecule has 1 saturated heterocycles. The minimum absolute atomic E-state index is 0.0116. The van der Waals surface area contributed by atoms with Crippen molar-refractivity contribution in [2.75, 3.05) is 13.6 Å². The van der Waals surface area contributed by atoms with E-state index in [1.807, 2.05) is 7.05 Å². The molecule has 3 heteroatoms. The summed E-state index contributed by atoms with van der Waals surface area (Å²) in [4.78, 5) is 11.4. The summed E-state index contributed by atoms with van der Waals surface area (Å²) in [5.74, 6) is 0.142. The number of rotatable bonds is 1. The molecule has 0 aromatic carbocycles. The van der Waals surface area contributed by atoms with Gasteiger partial charge in [0.25, 0.3) is 0 Å². The van der Waals surface area contributed by atoms with Gasteiger partial charge in [-0.15, -0.1) is 0 Å². The van der Waals surface area contributed by atoms with Crippen LogP contribution in [0.25, 0.3) is 0 Å². The first-order chi connectivity index (χ1) is 5.55. The van der Waals surface area contributed by atoms with Crippen LogP contribution < -0.4 is 10.6 Å². The third-order valence-corrected chi connectivity index (χ3v) is 2.52. The van der Waals surface area contributed by atoms with E-state index < -0.39 is 0 Å². The topological polar surface area (TPSA) is 41.1 Å². The van der Waals surface area contributed by atoms with E-state index in [1.54, 1.807) is 0 Å². The normalized spacial score (nSPS) is 29.2. The molecule has 1 amide bonds. The van der Waals surface area contributed by atoms with Crippen LogP contribution in [0.1, 0.15) is 26.7 Å². The van der Waals surface area contributed by atoms with Crippen LogP contribution >= 0.6 is 0 Å². The summed E-state index contributed by atoms with van der Waals surface area (Å²) in [5, 5.41) is 5.94. The average molecular weight is 170 g/mol. The second-order valence-electron chi connectivity index (χ2n) is 4.25. The molecule has 0 aromatic rings. The Morgan fingerprint density at radius 2 is 2.25 bits per heavy atom. The Hall–Kier alpha value is -0.570. The van der Waals surface area contributed by atoms with E-state index in [2.05, 4.69) is 24.5 Å². The Balaban J connectivity index is 2.65. The van der Waals surface area contributed by atoms with Gasteiger partial charge in [0.05, 0.1) is 6.04 Å². The molecule has 0 spiro atoms. The molecule has 2 N–H and O–H groups in total. The van der Waals surface area contributed by atoms with Gasteiger partial charge in [0.2, 0.25) is 5.91 Å². The van der Waals surface area contributed by atoms with Gasteiger partial charge in [0, 0.05) is 6.54 Å². The van der Waals surface area contributed by atoms with E-state index >= 15 is 0 Å². The molecule has 0 bridgehead atoms. The summed E-state index contributed by atoms with van der Waals surface area (Å²) in [6.45, 7) is 5.22. The molecule has 1 aliphatic heterocycles.